The molecular weight excluding hydrogens is 358 g/mol. The van der Waals surface area contributed by atoms with Crippen LogP contribution in [0.2, 0.25) is 0 Å². The maximum absolute atomic E-state index is 12.2. The number of ether oxygens (including phenoxy) is 3. The fourth-order valence-corrected chi connectivity index (χ4v) is 2.39. The van der Waals surface area contributed by atoms with Crippen LogP contribution >= 0.6 is 0 Å². The molecule has 2 aromatic rings. The maximum atomic E-state index is 12.2. The Balaban J connectivity index is 1.82. The second kappa shape index (κ2) is 11.0. The molecule has 0 bridgehead atoms. The molecule has 150 valence electrons. The van der Waals surface area contributed by atoms with Gasteiger partial charge in [-0.2, -0.15) is 0 Å². The molecule has 2 rings (SSSR count). The lowest BCUT2D eigenvalue weighted by molar-refractivity contribution is -0.155. The minimum Gasteiger partial charge on any atom is -0.490 e. The first kappa shape index (κ1) is 21.3. The molecule has 6 nitrogen and oxygen atoms in total. The summed E-state index contributed by atoms with van der Waals surface area (Å²) in [5.74, 6) is -0.00182. The van der Waals surface area contributed by atoms with Crippen LogP contribution in [0.3, 0.4) is 0 Å². The molecule has 2 aromatic carbocycles. The summed E-state index contributed by atoms with van der Waals surface area (Å²) in [6, 6.07) is 14.6. The normalized spacial score (nSPS) is 11.4. The van der Waals surface area contributed by atoms with E-state index in [2.05, 4.69) is 12.2 Å². The summed E-state index contributed by atoms with van der Waals surface area (Å²) in [7, 11) is 0. The van der Waals surface area contributed by atoms with E-state index in [1.807, 2.05) is 37.3 Å². The van der Waals surface area contributed by atoms with E-state index in [1.165, 1.54) is 12.5 Å². The average Bonchev–Trinajstić information content (AvgIpc) is 2.71. The second-order valence-corrected chi connectivity index (χ2v) is 6.26. The Labute approximate surface area is 165 Å². The van der Waals surface area contributed by atoms with E-state index in [1.54, 1.807) is 18.2 Å². The summed E-state index contributed by atoms with van der Waals surface area (Å²) in [5.41, 5.74) is 1.83. The molecule has 0 aliphatic rings. The molecule has 0 unspecified atom stereocenters. The molecule has 0 fully saturated rings. The number of amides is 1. The van der Waals surface area contributed by atoms with Gasteiger partial charge in [0.1, 0.15) is 0 Å². The maximum Gasteiger partial charge on any atom is 0.344 e. The van der Waals surface area contributed by atoms with Crippen molar-refractivity contribution in [1.82, 2.24) is 0 Å². The number of benzene rings is 2. The third kappa shape index (κ3) is 6.61. The van der Waals surface area contributed by atoms with Crippen LogP contribution in [0.5, 0.6) is 11.5 Å². The van der Waals surface area contributed by atoms with E-state index in [-0.39, 0.29) is 6.61 Å². The van der Waals surface area contributed by atoms with Crippen molar-refractivity contribution < 1.29 is 23.8 Å². The first-order chi connectivity index (χ1) is 13.5. The predicted octanol–water partition coefficient (Wildman–Crippen LogP) is 3.99. The SMILES string of the molecule is CCCOc1ccccc1OCC(=O)O[C@@H](C)C(=O)Nc1ccc(CC)cc1. The quantitative estimate of drug-likeness (QED) is 0.626. The van der Waals surface area contributed by atoms with Gasteiger partial charge >= 0.3 is 5.97 Å². The summed E-state index contributed by atoms with van der Waals surface area (Å²) < 4.78 is 16.2. The number of rotatable bonds is 10. The minimum atomic E-state index is -0.937. The van der Waals surface area contributed by atoms with Crippen LogP contribution in [0.4, 0.5) is 5.69 Å². The highest BCUT2D eigenvalue weighted by Crippen LogP contribution is 2.26. The number of para-hydroxylation sites is 2. The van der Waals surface area contributed by atoms with Crippen molar-refractivity contribution in [2.24, 2.45) is 0 Å². The van der Waals surface area contributed by atoms with Crippen LogP contribution in [0, 0.1) is 0 Å². The standard InChI is InChI=1S/C22H27NO5/c1-4-14-26-19-8-6-7-9-20(19)27-15-21(24)28-16(3)22(25)23-18-12-10-17(5-2)11-13-18/h6-13,16H,4-5,14-15H2,1-3H3,(H,23,25)/t16-/m0/s1. The van der Waals surface area contributed by atoms with Gasteiger partial charge in [0.15, 0.2) is 24.2 Å². The molecule has 1 atom stereocenters. The number of hydrogen-bond acceptors (Lipinski definition) is 5. The van der Waals surface area contributed by atoms with E-state index in [0.717, 1.165) is 12.8 Å². The molecule has 0 saturated carbocycles. The van der Waals surface area contributed by atoms with Gasteiger partial charge in [0.25, 0.3) is 5.91 Å². The van der Waals surface area contributed by atoms with Crippen LogP contribution in [0.15, 0.2) is 48.5 Å². The number of carbonyl (C=O) groups is 2. The molecule has 0 spiro atoms. The molecule has 0 aromatic heterocycles. The van der Waals surface area contributed by atoms with Crippen LogP contribution < -0.4 is 14.8 Å². The summed E-state index contributed by atoms with van der Waals surface area (Å²) in [5, 5.41) is 2.73. The average molecular weight is 385 g/mol. The zero-order chi connectivity index (χ0) is 20.4. The molecule has 1 amide bonds. The molecule has 0 saturated heterocycles. The van der Waals surface area contributed by atoms with Crippen molar-refractivity contribution in [3.63, 3.8) is 0 Å². The lowest BCUT2D eigenvalue weighted by Crippen LogP contribution is -2.31. The van der Waals surface area contributed by atoms with Crippen LogP contribution in [0.1, 0.15) is 32.8 Å². The first-order valence-corrected chi connectivity index (χ1v) is 9.47. The molecule has 28 heavy (non-hydrogen) atoms. The molecule has 0 heterocycles. The van der Waals surface area contributed by atoms with E-state index in [4.69, 9.17) is 14.2 Å². The van der Waals surface area contributed by atoms with E-state index in [0.29, 0.717) is 23.8 Å². The number of nitrogens with one attached hydrogen (secondary N) is 1. The van der Waals surface area contributed by atoms with Crippen molar-refractivity contribution in [2.75, 3.05) is 18.5 Å². The molecule has 0 radical (unpaired) electrons. The van der Waals surface area contributed by atoms with Crippen LogP contribution in [0.25, 0.3) is 0 Å². The molecule has 0 aliphatic carbocycles. The Bertz CT molecular complexity index is 773. The lowest BCUT2D eigenvalue weighted by atomic mass is 10.1. The number of anilines is 1. The zero-order valence-corrected chi connectivity index (χ0v) is 16.6. The van der Waals surface area contributed by atoms with Gasteiger partial charge in [0, 0.05) is 5.69 Å². The number of hydrogen-bond donors (Lipinski definition) is 1. The van der Waals surface area contributed by atoms with Gasteiger partial charge in [-0.1, -0.05) is 38.1 Å². The third-order valence-electron chi connectivity index (χ3n) is 3.96. The highest BCUT2D eigenvalue weighted by Gasteiger charge is 2.18. The van der Waals surface area contributed by atoms with Gasteiger partial charge in [0.05, 0.1) is 6.61 Å². The van der Waals surface area contributed by atoms with Crippen molar-refractivity contribution in [1.29, 1.82) is 0 Å². The third-order valence-corrected chi connectivity index (χ3v) is 3.96. The van der Waals surface area contributed by atoms with E-state index >= 15 is 0 Å². The van der Waals surface area contributed by atoms with Crippen LogP contribution in [-0.2, 0) is 20.7 Å². The van der Waals surface area contributed by atoms with Crippen molar-refractivity contribution >= 4 is 17.6 Å². The largest absolute Gasteiger partial charge is 0.490 e. The van der Waals surface area contributed by atoms with Gasteiger partial charge in [0.2, 0.25) is 0 Å². The second-order valence-electron chi connectivity index (χ2n) is 6.26. The predicted molar refractivity (Wildman–Crippen MR) is 108 cm³/mol. The van der Waals surface area contributed by atoms with Gasteiger partial charge in [-0.3, -0.25) is 4.79 Å². The van der Waals surface area contributed by atoms with Gasteiger partial charge < -0.3 is 19.5 Å². The van der Waals surface area contributed by atoms with Crippen molar-refractivity contribution in [2.45, 2.75) is 39.7 Å². The number of aryl methyl sites for hydroxylation is 1. The Kier molecular flexibility index (Phi) is 8.34. The fraction of sp³-hybridized carbons (Fsp3) is 0.364. The molecule has 0 aliphatic heterocycles. The van der Waals surface area contributed by atoms with Crippen LogP contribution in [-0.4, -0.2) is 31.2 Å². The topological polar surface area (TPSA) is 73.9 Å². The highest BCUT2D eigenvalue weighted by atomic mass is 16.6. The fourth-order valence-electron chi connectivity index (χ4n) is 2.39. The summed E-state index contributed by atoms with van der Waals surface area (Å²) in [6.07, 6.45) is 0.854. The minimum absolute atomic E-state index is 0.310. The van der Waals surface area contributed by atoms with E-state index in [9.17, 15) is 9.59 Å². The summed E-state index contributed by atoms with van der Waals surface area (Å²) in [4.78, 5) is 24.2. The van der Waals surface area contributed by atoms with Gasteiger partial charge in [-0.15, -0.1) is 0 Å². The highest BCUT2D eigenvalue weighted by molar-refractivity contribution is 5.95. The number of esters is 1. The summed E-state index contributed by atoms with van der Waals surface area (Å²) in [6.45, 7) is 5.83. The van der Waals surface area contributed by atoms with Gasteiger partial charge in [-0.25, -0.2) is 4.79 Å². The monoisotopic (exact) mass is 385 g/mol. The molecule has 6 heteroatoms. The summed E-state index contributed by atoms with van der Waals surface area (Å²) >= 11 is 0. The van der Waals surface area contributed by atoms with Crippen molar-refractivity contribution in [3.05, 3.63) is 54.1 Å². The van der Waals surface area contributed by atoms with E-state index < -0.39 is 18.0 Å². The molecular formula is C22H27NO5. The Hall–Kier alpha value is -3.02. The zero-order valence-electron chi connectivity index (χ0n) is 16.6. The van der Waals surface area contributed by atoms with Crippen molar-refractivity contribution in [3.8, 4) is 11.5 Å². The lowest BCUT2D eigenvalue weighted by Gasteiger charge is -2.15. The Morgan fingerprint density at radius 1 is 0.964 bits per heavy atom. The smallest absolute Gasteiger partial charge is 0.344 e. The molecule has 1 N–H and O–H groups in total. The number of carbonyl (C=O) groups excluding carboxylic acids is 2. The Morgan fingerprint density at radius 3 is 2.21 bits per heavy atom. The van der Waals surface area contributed by atoms with Gasteiger partial charge in [-0.05, 0) is 49.6 Å². The first-order valence-electron chi connectivity index (χ1n) is 9.47. The Morgan fingerprint density at radius 2 is 1.61 bits per heavy atom.